The number of hydrogen-bond donors (Lipinski definition) is 1. The molecule has 0 aromatic heterocycles. The van der Waals surface area contributed by atoms with E-state index in [1.54, 1.807) is 0 Å². The van der Waals surface area contributed by atoms with Gasteiger partial charge in [0.25, 0.3) is 0 Å². The zero-order chi connectivity index (χ0) is 22.8. The van der Waals surface area contributed by atoms with Crippen LogP contribution in [0.3, 0.4) is 0 Å². The van der Waals surface area contributed by atoms with Crippen LogP contribution in [0.4, 0.5) is 0 Å². The first kappa shape index (κ1) is 22.1. The predicted octanol–water partition coefficient (Wildman–Crippen LogP) is 6.32. The molecular weight excluding hydrogens is 415 g/mol. The maximum absolute atomic E-state index is 13.1. The van der Waals surface area contributed by atoms with Crippen molar-refractivity contribution in [1.29, 1.82) is 0 Å². The van der Waals surface area contributed by atoms with Gasteiger partial charge < -0.3 is 0 Å². The number of benzene rings is 4. The first-order valence-corrected chi connectivity index (χ1v) is 12.7. The Hall–Kier alpha value is -3.13. The Labute approximate surface area is 190 Å². The minimum atomic E-state index is -4.69. The Kier molecular flexibility index (Phi) is 5.81. The molecule has 4 aromatic rings. The summed E-state index contributed by atoms with van der Waals surface area (Å²) in [6.07, 6.45) is 0. The quantitative estimate of drug-likeness (QED) is 0.354. The van der Waals surface area contributed by atoms with E-state index < -0.39 is 7.28 Å². The third-order valence-corrected chi connectivity index (χ3v) is 9.49. The third kappa shape index (κ3) is 3.90. The van der Waals surface area contributed by atoms with Crippen molar-refractivity contribution in [3.05, 3.63) is 119 Å². The molecule has 0 saturated carbocycles. The molecule has 0 radical (unpaired) electrons. The summed E-state index contributed by atoms with van der Waals surface area (Å²) in [6.45, 7) is 7.93. The van der Waals surface area contributed by atoms with Crippen LogP contribution >= 0.6 is 7.28 Å². The van der Waals surface area contributed by atoms with Crippen molar-refractivity contribution < 1.29 is 13.9 Å². The van der Waals surface area contributed by atoms with Crippen LogP contribution in [-0.4, -0.2) is 4.89 Å². The summed E-state index contributed by atoms with van der Waals surface area (Å²) in [6, 6.07) is 31.0. The van der Waals surface area contributed by atoms with Gasteiger partial charge in [0.05, 0.1) is 0 Å². The Morgan fingerprint density at radius 1 is 0.562 bits per heavy atom. The zero-order valence-electron chi connectivity index (χ0n) is 18.9. The summed E-state index contributed by atoms with van der Waals surface area (Å²) in [7, 11) is -4.69. The first-order chi connectivity index (χ1) is 15.3. The van der Waals surface area contributed by atoms with Gasteiger partial charge in [0.15, 0.2) is 0 Å². The molecule has 32 heavy (non-hydrogen) atoms. The molecule has 4 rings (SSSR count). The molecular formula is C28H29O3P. The van der Waals surface area contributed by atoms with Gasteiger partial charge in [0.1, 0.15) is 0 Å². The van der Waals surface area contributed by atoms with Gasteiger partial charge in [-0.1, -0.05) is 0 Å². The van der Waals surface area contributed by atoms with Crippen molar-refractivity contribution in [2.45, 2.75) is 27.7 Å². The monoisotopic (exact) mass is 444 g/mol. The van der Waals surface area contributed by atoms with Crippen LogP contribution in [0.1, 0.15) is 22.3 Å². The SMILES string of the molecule is Cc1cccc(OP(O)(Oc2ccccc2C)(c2ccccc2C)c2ccccc2C)c1. The molecule has 0 unspecified atom stereocenters. The van der Waals surface area contributed by atoms with Crippen molar-refractivity contribution in [2.75, 3.05) is 0 Å². The Balaban J connectivity index is 2.10. The second-order valence-electron chi connectivity index (χ2n) is 8.25. The van der Waals surface area contributed by atoms with Crippen molar-refractivity contribution >= 4 is 17.9 Å². The Bertz CT molecular complexity index is 1220. The normalized spacial score (nSPS) is 12.6. The van der Waals surface area contributed by atoms with E-state index in [0.29, 0.717) is 22.1 Å². The van der Waals surface area contributed by atoms with E-state index in [4.69, 9.17) is 9.05 Å². The summed E-state index contributed by atoms with van der Waals surface area (Å²) < 4.78 is 13.5. The molecule has 0 aliphatic heterocycles. The first-order valence-electron chi connectivity index (χ1n) is 10.7. The summed E-state index contributed by atoms with van der Waals surface area (Å²) in [5.41, 5.74) is 3.76. The minimum absolute atomic E-state index is 0.560. The molecule has 0 saturated heterocycles. The second-order valence-corrected chi connectivity index (χ2v) is 11.4. The molecule has 0 heterocycles. The molecule has 0 atom stereocenters. The molecule has 0 spiro atoms. The maximum atomic E-state index is 13.1. The van der Waals surface area contributed by atoms with Gasteiger partial charge in [-0.25, -0.2) is 0 Å². The van der Waals surface area contributed by atoms with Crippen LogP contribution in [0.25, 0.3) is 0 Å². The predicted molar refractivity (Wildman–Crippen MR) is 134 cm³/mol. The zero-order valence-corrected chi connectivity index (χ0v) is 19.8. The van der Waals surface area contributed by atoms with Crippen LogP contribution in [0.2, 0.25) is 0 Å². The van der Waals surface area contributed by atoms with E-state index in [2.05, 4.69) is 0 Å². The van der Waals surface area contributed by atoms with Crippen molar-refractivity contribution in [3.8, 4) is 11.5 Å². The summed E-state index contributed by atoms with van der Waals surface area (Å²) in [5, 5.41) is 1.30. The fourth-order valence-corrected chi connectivity index (χ4v) is 7.92. The molecule has 0 amide bonds. The topological polar surface area (TPSA) is 38.7 Å². The van der Waals surface area contributed by atoms with Crippen molar-refractivity contribution in [1.82, 2.24) is 0 Å². The van der Waals surface area contributed by atoms with Gasteiger partial charge in [-0.15, -0.1) is 0 Å². The van der Waals surface area contributed by atoms with Gasteiger partial charge in [-0.2, -0.15) is 0 Å². The van der Waals surface area contributed by atoms with Gasteiger partial charge in [-0.3, -0.25) is 0 Å². The number of para-hydroxylation sites is 1. The average molecular weight is 445 g/mol. The van der Waals surface area contributed by atoms with Gasteiger partial charge in [0, 0.05) is 0 Å². The molecule has 0 aliphatic rings. The Morgan fingerprint density at radius 3 is 1.62 bits per heavy atom. The molecule has 164 valence electrons. The van der Waals surface area contributed by atoms with Crippen molar-refractivity contribution in [3.63, 3.8) is 0 Å². The molecule has 3 nitrogen and oxygen atoms in total. The van der Waals surface area contributed by atoms with Crippen molar-refractivity contribution in [2.24, 2.45) is 0 Å². The van der Waals surface area contributed by atoms with E-state index in [9.17, 15) is 4.89 Å². The molecule has 0 aliphatic carbocycles. The Morgan fingerprint density at radius 2 is 1.09 bits per heavy atom. The van der Waals surface area contributed by atoms with Crippen LogP contribution in [0.5, 0.6) is 11.5 Å². The van der Waals surface area contributed by atoms with Gasteiger partial charge in [0.2, 0.25) is 0 Å². The molecule has 0 fully saturated rings. The molecule has 0 bridgehead atoms. The van der Waals surface area contributed by atoms with E-state index in [0.717, 1.165) is 22.3 Å². The second kappa shape index (κ2) is 8.43. The van der Waals surface area contributed by atoms with E-state index in [1.807, 2.05) is 125 Å². The molecule has 1 N–H and O–H groups in total. The average Bonchev–Trinajstić information content (AvgIpc) is 2.76. The number of aryl methyl sites for hydroxylation is 4. The van der Waals surface area contributed by atoms with Crippen LogP contribution in [0.15, 0.2) is 97.1 Å². The van der Waals surface area contributed by atoms with E-state index in [1.165, 1.54) is 0 Å². The fourth-order valence-electron chi connectivity index (χ4n) is 4.07. The number of rotatable bonds is 6. The van der Waals surface area contributed by atoms with Crippen LogP contribution < -0.4 is 19.7 Å². The fraction of sp³-hybridized carbons (Fsp3) is 0.143. The van der Waals surface area contributed by atoms with Crippen LogP contribution in [-0.2, 0) is 0 Å². The summed E-state index contributed by atoms with van der Waals surface area (Å²) in [5.74, 6) is 1.15. The van der Waals surface area contributed by atoms with E-state index >= 15 is 0 Å². The molecule has 4 heteroatoms. The molecule has 4 aromatic carbocycles. The number of hydrogen-bond acceptors (Lipinski definition) is 3. The van der Waals surface area contributed by atoms with E-state index in [-0.39, 0.29) is 0 Å². The van der Waals surface area contributed by atoms with Gasteiger partial charge in [-0.05, 0) is 0 Å². The van der Waals surface area contributed by atoms with Gasteiger partial charge >= 0.3 is 190 Å². The standard InChI is InChI=1S/C28H29O3P/c1-21-12-11-16-25(20-21)30-32(29,27-18-9-6-14-23(27)3,28-19-10-7-15-24(28)4)31-26-17-8-5-13-22(26)2/h5-20,29H,1-4H3. The summed E-state index contributed by atoms with van der Waals surface area (Å²) >= 11 is 0. The summed E-state index contributed by atoms with van der Waals surface area (Å²) in [4.78, 5) is 13.1. The third-order valence-electron chi connectivity index (χ3n) is 5.71. The van der Waals surface area contributed by atoms with Crippen LogP contribution in [0, 0.1) is 27.7 Å².